The summed E-state index contributed by atoms with van der Waals surface area (Å²) in [6.07, 6.45) is 0.00848. The summed E-state index contributed by atoms with van der Waals surface area (Å²) in [5.41, 5.74) is 0.431. The van der Waals surface area contributed by atoms with Crippen molar-refractivity contribution in [2.75, 3.05) is 46.4 Å². The summed E-state index contributed by atoms with van der Waals surface area (Å²) in [6.45, 7) is 2.25. The highest BCUT2D eigenvalue weighted by Crippen LogP contribution is 2.24. The van der Waals surface area contributed by atoms with E-state index in [-0.39, 0.29) is 37.4 Å². The summed E-state index contributed by atoms with van der Waals surface area (Å²) >= 11 is 0. The normalized spacial score (nSPS) is 20.8. The number of hydrogen-bond acceptors (Lipinski definition) is 4. The van der Waals surface area contributed by atoms with Crippen LogP contribution in [0.1, 0.15) is 5.56 Å². The van der Waals surface area contributed by atoms with E-state index in [2.05, 4.69) is 0 Å². The highest BCUT2D eigenvalue weighted by atomic mass is 19.2. The van der Waals surface area contributed by atoms with Gasteiger partial charge >= 0.3 is 0 Å². The molecule has 2 rings (SSSR count). The maximum Gasteiger partial charge on any atom is 0.227 e. The molecule has 2 N–H and O–H groups in total. The Morgan fingerprint density at radius 3 is 2.58 bits per heavy atom. The second-order valence-corrected chi connectivity index (χ2v) is 6.41. The first-order chi connectivity index (χ1) is 11.4. The predicted octanol–water partition coefficient (Wildman–Crippen LogP) is 0.498. The van der Waals surface area contributed by atoms with E-state index in [1.165, 1.54) is 6.07 Å². The smallest absolute Gasteiger partial charge is 0.227 e. The molecule has 0 bridgehead atoms. The average Bonchev–Trinajstić information content (AvgIpc) is 2.94. The van der Waals surface area contributed by atoms with Crippen molar-refractivity contribution >= 4 is 5.91 Å². The Bertz CT molecular complexity index is 571. The number of likely N-dealkylation sites (N-methyl/N-ethyl adjacent to an activating group) is 1. The van der Waals surface area contributed by atoms with Crippen LogP contribution in [0.4, 0.5) is 8.78 Å². The predicted molar refractivity (Wildman–Crippen MR) is 85.3 cm³/mol. The molecular weight excluding hydrogens is 318 g/mol. The van der Waals surface area contributed by atoms with Crippen molar-refractivity contribution in [2.45, 2.75) is 6.42 Å². The van der Waals surface area contributed by atoms with Crippen LogP contribution in [0.5, 0.6) is 0 Å². The Morgan fingerprint density at radius 2 is 1.96 bits per heavy atom. The standard InChI is InChI=1S/C17H24F2N2O3/c1-20(4-5-22)8-13-9-21(10-14(13)11-23)17(24)7-12-2-3-15(18)16(19)6-12/h2-3,6,13-14,22-23H,4-5,7-11H2,1H3/t13-,14-/m1/s1. The monoisotopic (exact) mass is 342 g/mol. The zero-order chi connectivity index (χ0) is 17.7. The van der Waals surface area contributed by atoms with Crippen LogP contribution in [0.3, 0.4) is 0 Å². The quantitative estimate of drug-likeness (QED) is 0.757. The third-order valence-corrected chi connectivity index (χ3v) is 4.53. The van der Waals surface area contributed by atoms with Crippen LogP contribution < -0.4 is 0 Å². The van der Waals surface area contributed by atoms with E-state index in [4.69, 9.17) is 5.11 Å². The lowest BCUT2D eigenvalue weighted by atomic mass is 9.96. The van der Waals surface area contributed by atoms with Gasteiger partial charge in [0.05, 0.1) is 13.0 Å². The Hall–Kier alpha value is -1.57. The fourth-order valence-corrected chi connectivity index (χ4v) is 3.15. The highest BCUT2D eigenvalue weighted by molar-refractivity contribution is 5.79. The minimum Gasteiger partial charge on any atom is -0.396 e. The Labute approximate surface area is 140 Å². The van der Waals surface area contributed by atoms with Gasteiger partial charge in [-0.3, -0.25) is 4.79 Å². The molecule has 134 valence electrons. The first-order valence-corrected chi connectivity index (χ1v) is 8.06. The lowest BCUT2D eigenvalue weighted by molar-refractivity contribution is -0.129. The van der Waals surface area contributed by atoms with E-state index < -0.39 is 11.6 Å². The second kappa shape index (κ2) is 8.50. The summed E-state index contributed by atoms with van der Waals surface area (Å²) in [5, 5.41) is 18.5. The van der Waals surface area contributed by atoms with Gasteiger partial charge in [-0.1, -0.05) is 6.07 Å². The van der Waals surface area contributed by atoms with Gasteiger partial charge < -0.3 is 20.0 Å². The molecule has 0 aliphatic carbocycles. The van der Waals surface area contributed by atoms with Gasteiger partial charge in [-0.25, -0.2) is 8.78 Å². The summed E-state index contributed by atoms with van der Waals surface area (Å²) in [5.74, 6) is -1.94. The molecule has 1 fully saturated rings. The van der Waals surface area contributed by atoms with Crippen LogP contribution in [-0.4, -0.2) is 72.4 Å². The fourth-order valence-electron chi connectivity index (χ4n) is 3.15. The van der Waals surface area contributed by atoms with Gasteiger partial charge in [-0.05, 0) is 30.7 Å². The van der Waals surface area contributed by atoms with Gasteiger partial charge in [0.2, 0.25) is 5.91 Å². The van der Waals surface area contributed by atoms with Crippen LogP contribution in [0.2, 0.25) is 0 Å². The SMILES string of the molecule is CN(CCO)C[C@@H]1CN(C(=O)Cc2ccc(F)c(F)c2)C[C@@H]1CO. The molecule has 0 radical (unpaired) electrons. The number of carbonyl (C=O) groups excluding carboxylic acids is 1. The molecule has 1 saturated heterocycles. The third kappa shape index (κ3) is 4.72. The Kier molecular flexibility index (Phi) is 6.65. The van der Waals surface area contributed by atoms with Gasteiger partial charge in [0.1, 0.15) is 0 Å². The Morgan fingerprint density at radius 1 is 1.25 bits per heavy atom. The Balaban J connectivity index is 1.96. The number of aliphatic hydroxyl groups excluding tert-OH is 2. The molecule has 1 heterocycles. The number of benzene rings is 1. The summed E-state index contributed by atoms with van der Waals surface area (Å²) in [4.78, 5) is 16.0. The maximum absolute atomic E-state index is 13.2. The fraction of sp³-hybridized carbons (Fsp3) is 0.588. The summed E-state index contributed by atoms with van der Waals surface area (Å²) in [6, 6.07) is 3.47. The molecule has 2 atom stereocenters. The molecule has 1 aliphatic rings. The van der Waals surface area contributed by atoms with Gasteiger partial charge in [-0.15, -0.1) is 0 Å². The second-order valence-electron chi connectivity index (χ2n) is 6.41. The van der Waals surface area contributed by atoms with Crippen molar-refractivity contribution in [3.63, 3.8) is 0 Å². The van der Waals surface area contributed by atoms with Crippen molar-refractivity contribution in [3.8, 4) is 0 Å². The molecule has 1 aromatic carbocycles. The van der Waals surface area contributed by atoms with Gasteiger partial charge in [-0.2, -0.15) is 0 Å². The molecule has 0 unspecified atom stereocenters. The van der Waals surface area contributed by atoms with Crippen molar-refractivity contribution in [3.05, 3.63) is 35.4 Å². The van der Waals surface area contributed by atoms with Crippen LogP contribution in [0.25, 0.3) is 0 Å². The molecule has 5 nitrogen and oxygen atoms in total. The molecule has 0 spiro atoms. The minimum atomic E-state index is -0.960. The molecule has 24 heavy (non-hydrogen) atoms. The molecule has 0 saturated carbocycles. The third-order valence-electron chi connectivity index (χ3n) is 4.53. The maximum atomic E-state index is 13.2. The van der Waals surface area contributed by atoms with E-state index in [1.807, 2.05) is 11.9 Å². The number of amides is 1. The summed E-state index contributed by atoms with van der Waals surface area (Å²) < 4.78 is 26.2. The van der Waals surface area contributed by atoms with Crippen molar-refractivity contribution in [1.82, 2.24) is 9.80 Å². The highest BCUT2D eigenvalue weighted by Gasteiger charge is 2.35. The van der Waals surface area contributed by atoms with Crippen molar-refractivity contribution < 1.29 is 23.8 Å². The van der Waals surface area contributed by atoms with Crippen LogP contribution >= 0.6 is 0 Å². The van der Waals surface area contributed by atoms with Gasteiger partial charge in [0.15, 0.2) is 11.6 Å². The average molecular weight is 342 g/mol. The molecule has 7 heteroatoms. The molecular formula is C17H24F2N2O3. The minimum absolute atomic E-state index is 0.00735. The molecule has 0 aromatic heterocycles. The van der Waals surface area contributed by atoms with Crippen LogP contribution in [-0.2, 0) is 11.2 Å². The first kappa shape index (κ1) is 18.8. The first-order valence-electron chi connectivity index (χ1n) is 8.06. The van der Waals surface area contributed by atoms with Crippen molar-refractivity contribution in [1.29, 1.82) is 0 Å². The number of nitrogens with zero attached hydrogens (tertiary/aromatic N) is 2. The van der Waals surface area contributed by atoms with E-state index in [0.717, 1.165) is 12.1 Å². The molecule has 1 amide bonds. The van der Waals surface area contributed by atoms with E-state index in [0.29, 0.717) is 31.7 Å². The lowest BCUT2D eigenvalue weighted by Gasteiger charge is -2.23. The number of rotatable bonds is 7. The van der Waals surface area contributed by atoms with Gasteiger partial charge in [0.25, 0.3) is 0 Å². The summed E-state index contributed by atoms with van der Waals surface area (Å²) in [7, 11) is 1.89. The number of hydrogen-bond donors (Lipinski definition) is 2. The van der Waals surface area contributed by atoms with Gasteiger partial charge in [0, 0.05) is 38.7 Å². The number of aliphatic hydroxyl groups is 2. The topological polar surface area (TPSA) is 64.0 Å². The van der Waals surface area contributed by atoms with E-state index >= 15 is 0 Å². The van der Waals surface area contributed by atoms with Crippen LogP contribution in [0, 0.1) is 23.5 Å². The number of likely N-dealkylation sites (tertiary alicyclic amines) is 1. The zero-order valence-electron chi connectivity index (χ0n) is 13.8. The number of carbonyl (C=O) groups is 1. The van der Waals surface area contributed by atoms with Crippen molar-refractivity contribution in [2.24, 2.45) is 11.8 Å². The molecule has 1 aromatic rings. The van der Waals surface area contributed by atoms with E-state index in [9.17, 15) is 18.7 Å². The zero-order valence-corrected chi connectivity index (χ0v) is 13.8. The van der Waals surface area contributed by atoms with Crippen LogP contribution in [0.15, 0.2) is 18.2 Å². The largest absolute Gasteiger partial charge is 0.396 e. The molecule has 1 aliphatic heterocycles. The van der Waals surface area contributed by atoms with E-state index in [1.54, 1.807) is 4.90 Å². The number of halogens is 2. The lowest BCUT2D eigenvalue weighted by Crippen LogP contribution is -2.34.